The molecule has 1 nitrogen and oxygen atoms in total. The van der Waals surface area contributed by atoms with Crippen molar-refractivity contribution in [1.29, 1.82) is 0 Å². The van der Waals surface area contributed by atoms with Crippen LogP contribution in [-0.2, 0) is 0 Å². The molecule has 1 heteroatoms. The molecule has 0 radical (unpaired) electrons. The van der Waals surface area contributed by atoms with E-state index in [4.69, 9.17) is 0 Å². The molecule has 1 aliphatic rings. The van der Waals surface area contributed by atoms with E-state index in [-0.39, 0.29) is 0 Å². The average molecular weight is 199 g/mol. The highest BCUT2D eigenvalue weighted by Crippen LogP contribution is 2.14. The molecule has 0 saturated carbocycles. The van der Waals surface area contributed by atoms with Crippen molar-refractivity contribution in [3.63, 3.8) is 0 Å². The van der Waals surface area contributed by atoms with E-state index in [9.17, 15) is 0 Å². The molecule has 0 spiro atoms. The summed E-state index contributed by atoms with van der Waals surface area (Å²) < 4.78 is 0. The third-order valence-electron chi connectivity index (χ3n) is 2.06. The number of benzene rings is 1. The molecule has 78 valence electrons. The molecule has 0 unspecified atom stereocenters. The molecule has 0 aromatic heterocycles. The predicted octanol–water partition coefficient (Wildman–Crippen LogP) is 3.16. The topological polar surface area (TPSA) is 26.0 Å². The summed E-state index contributed by atoms with van der Waals surface area (Å²) in [5.74, 6) is 0. The molecule has 0 atom stereocenters. The minimum atomic E-state index is 1.05. The molecule has 1 aromatic rings. The zero-order valence-electron chi connectivity index (χ0n) is 9.06. The van der Waals surface area contributed by atoms with E-state index in [0.29, 0.717) is 0 Å². The van der Waals surface area contributed by atoms with Gasteiger partial charge in [-0.3, -0.25) is 0 Å². The normalized spacial score (nSPS) is 16.0. The molecule has 0 aliphatic heterocycles. The Morgan fingerprint density at radius 1 is 1.07 bits per heavy atom. The molecular formula is C14H17N. The summed E-state index contributed by atoms with van der Waals surface area (Å²) in [6.45, 7) is 0. The van der Waals surface area contributed by atoms with Crippen LogP contribution in [0.1, 0.15) is 12.0 Å². The first-order chi connectivity index (χ1) is 7.45. The summed E-state index contributed by atoms with van der Waals surface area (Å²) in [4.78, 5) is 0. The molecule has 0 fully saturated rings. The average Bonchev–Trinajstić information content (AvgIpc) is 2.34. The van der Waals surface area contributed by atoms with Crippen molar-refractivity contribution >= 4 is 6.08 Å². The van der Waals surface area contributed by atoms with Gasteiger partial charge in [0.1, 0.15) is 0 Å². The Balaban J connectivity index is 0.000000531. The Hall–Kier alpha value is -1.60. The Labute approximate surface area is 91.6 Å². The molecule has 0 bridgehead atoms. The van der Waals surface area contributed by atoms with E-state index in [1.165, 1.54) is 18.2 Å². The predicted molar refractivity (Wildman–Crippen MR) is 67.4 cm³/mol. The molecule has 15 heavy (non-hydrogen) atoms. The molecule has 0 heterocycles. The third kappa shape index (κ3) is 3.96. The zero-order valence-corrected chi connectivity index (χ0v) is 9.06. The molecule has 0 saturated heterocycles. The number of allylic oxidation sites excluding steroid dienone is 5. The molecule has 2 N–H and O–H groups in total. The summed E-state index contributed by atoms with van der Waals surface area (Å²) in [6, 6.07) is 10.4. The fraction of sp³-hybridized carbons (Fsp3) is 0.143. The van der Waals surface area contributed by atoms with Crippen LogP contribution in [-0.4, -0.2) is 7.05 Å². The van der Waals surface area contributed by atoms with Crippen molar-refractivity contribution in [2.45, 2.75) is 6.42 Å². The summed E-state index contributed by atoms with van der Waals surface area (Å²) in [7, 11) is 1.50. The summed E-state index contributed by atoms with van der Waals surface area (Å²) in [5, 5.41) is 0. The van der Waals surface area contributed by atoms with Crippen LogP contribution >= 0.6 is 0 Å². The van der Waals surface area contributed by atoms with Crippen molar-refractivity contribution in [3.05, 3.63) is 65.8 Å². The van der Waals surface area contributed by atoms with Gasteiger partial charge in [-0.25, -0.2) is 0 Å². The van der Waals surface area contributed by atoms with Crippen LogP contribution in [0.3, 0.4) is 0 Å². The van der Waals surface area contributed by atoms with Crippen molar-refractivity contribution in [3.8, 4) is 0 Å². The number of nitrogens with two attached hydrogens (primary N) is 1. The Kier molecular flexibility index (Phi) is 5.20. The highest BCUT2D eigenvalue weighted by molar-refractivity contribution is 5.57. The lowest BCUT2D eigenvalue weighted by Crippen LogP contribution is -1.80. The van der Waals surface area contributed by atoms with Gasteiger partial charge in [0.05, 0.1) is 0 Å². The Bertz CT molecular complexity index is 358. The van der Waals surface area contributed by atoms with Gasteiger partial charge in [-0.05, 0) is 24.6 Å². The maximum Gasteiger partial charge on any atom is -0.00941 e. The third-order valence-corrected chi connectivity index (χ3v) is 2.06. The first kappa shape index (κ1) is 11.5. The summed E-state index contributed by atoms with van der Waals surface area (Å²) in [6.07, 6.45) is 11.8. The van der Waals surface area contributed by atoms with Crippen molar-refractivity contribution < 1.29 is 0 Å². The first-order valence-corrected chi connectivity index (χ1v) is 5.12. The second-order valence-corrected chi connectivity index (χ2v) is 3.12. The quantitative estimate of drug-likeness (QED) is 0.738. The van der Waals surface area contributed by atoms with E-state index in [1.54, 1.807) is 0 Å². The van der Waals surface area contributed by atoms with Gasteiger partial charge in [0.15, 0.2) is 0 Å². The van der Waals surface area contributed by atoms with Crippen LogP contribution in [0.2, 0.25) is 0 Å². The van der Waals surface area contributed by atoms with Crippen LogP contribution in [0.25, 0.3) is 6.08 Å². The van der Waals surface area contributed by atoms with Gasteiger partial charge < -0.3 is 5.73 Å². The lowest BCUT2D eigenvalue weighted by molar-refractivity contribution is 1.28. The highest BCUT2D eigenvalue weighted by Gasteiger charge is 1.93. The molecule has 0 amide bonds. The van der Waals surface area contributed by atoms with Crippen LogP contribution < -0.4 is 5.73 Å². The minimum Gasteiger partial charge on any atom is -0.333 e. The fourth-order valence-electron chi connectivity index (χ4n) is 1.40. The zero-order chi connectivity index (χ0) is 10.9. The largest absolute Gasteiger partial charge is 0.333 e. The second kappa shape index (κ2) is 6.80. The lowest BCUT2D eigenvalue weighted by atomic mass is 10.0. The van der Waals surface area contributed by atoms with Crippen molar-refractivity contribution in [2.75, 3.05) is 7.05 Å². The van der Waals surface area contributed by atoms with E-state index in [0.717, 1.165) is 6.42 Å². The Morgan fingerprint density at radius 3 is 2.40 bits per heavy atom. The monoisotopic (exact) mass is 199 g/mol. The lowest BCUT2D eigenvalue weighted by Gasteiger charge is -2.01. The fourth-order valence-corrected chi connectivity index (χ4v) is 1.40. The number of hydrogen-bond acceptors (Lipinski definition) is 1. The minimum absolute atomic E-state index is 1.05. The van der Waals surface area contributed by atoms with E-state index < -0.39 is 0 Å². The van der Waals surface area contributed by atoms with Crippen molar-refractivity contribution in [1.82, 2.24) is 0 Å². The maximum absolute atomic E-state index is 4.50. The second-order valence-electron chi connectivity index (χ2n) is 3.12. The van der Waals surface area contributed by atoms with E-state index in [2.05, 4.69) is 60.4 Å². The van der Waals surface area contributed by atoms with Gasteiger partial charge in [-0.2, -0.15) is 0 Å². The van der Waals surface area contributed by atoms with Crippen LogP contribution in [0.15, 0.2) is 60.2 Å². The highest BCUT2D eigenvalue weighted by atomic mass is 14.4. The van der Waals surface area contributed by atoms with Gasteiger partial charge in [-0.1, -0.05) is 60.7 Å². The maximum atomic E-state index is 4.50. The summed E-state index contributed by atoms with van der Waals surface area (Å²) >= 11 is 0. The van der Waals surface area contributed by atoms with Crippen LogP contribution in [0, 0.1) is 0 Å². The van der Waals surface area contributed by atoms with Gasteiger partial charge in [0.2, 0.25) is 0 Å². The van der Waals surface area contributed by atoms with Crippen molar-refractivity contribution in [2.24, 2.45) is 5.73 Å². The molecule has 1 aliphatic carbocycles. The summed E-state index contributed by atoms with van der Waals surface area (Å²) in [5.41, 5.74) is 7.14. The standard InChI is InChI=1S/C13H12.CH5N/c1-3-7-12(8-4-1)11-13-9-5-2-6-10-13;1-2/h1-9,11H,10H2;2H2,1H3. The van der Waals surface area contributed by atoms with Gasteiger partial charge >= 0.3 is 0 Å². The molecule has 2 rings (SSSR count). The smallest absolute Gasteiger partial charge is 0.00941 e. The first-order valence-electron chi connectivity index (χ1n) is 5.12. The van der Waals surface area contributed by atoms with Crippen LogP contribution in [0.4, 0.5) is 0 Å². The van der Waals surface area contributed by atoms with Gasteiger partial charge in [0.25, 0.3) is 0 Å². The molecule has 1 aromatic carbocycles. The van der Waals surface area contributed by atoms with Gasteiger partial charge in [0, 0.05) is 0 Å². The van der Waals surface area contributed by atoms with Crippen LogP contribution in [0.5, 0.6) is 0 Å². The van der Waals surface area contributed by atoms with E-state index >= 15 is 0 Å². The Morgan fingerprint density at radius 2 is 1.80 bits per heavy atom. The van der Waals surface area contributed by atoms with Gasteiger partial charge in [-0.15, -0.1) is 0 Å². The van der Waals surface area contributed by atoms with E-state index in [1.807, 2.05) is 6.07 Å². The molecular weight excluding hydrogens is 182 g/mol. The number of hydrogen-bond donors (Lipinski definition) is 1. The SMILES string of the molecule is C1=CCC(=Cc2ccccc2)C=C1.CN. The number of rotatable bonds is 1.